The van der Waals surface area contributed by atoms with E-state index in [9.17, 15) is 4.79 Å². The third-order valence-electron chi connectivity index (χ3n) is 4.67. The minimum Gasteiger partial charge on any atom is -0.340 e. The van der Waals surface area contributed by atoms with Crippen LogP contribution in [0.15, 0.2) is 78.6 Å². The normalized spacial score (nSPS) is 10.9. The second-order valence-electron chi connectivity index (χ2n) is 6.49. The van der Waals surface area contributed by atoms with Crippen molar-refractivity contribution in [1.82, 2.24) is 19.1 Å². The number of fused-ring (bicyclic) bond motifs is 1. The lowest BCUT2D eigenvalue weighted by Gasteiger charge is -2.11. The number of aromatic nitrogens is 4. The molecule has 0 unspecified atom stereocenters. The molecule has 0 bridgehead atoms. The third kappa shape index (κ3) is 3.32. The van der Waals surface area contributed by atoms with E-state index >= 15 is 0 Å². The molecule has 0 aliphatic carbocycles. The van der Waals surface area contributed by atoms with Gasteiger partial charge in [-0.05, 0) is 42.3 Å². The number of allylic oxidation sites excluding steroid dienone is 1. The fourth-order valence-corrected chi connectivity index (χ4v) is 3.19. The van der Waals surface area contributed by atoms with Crippen LogP contribution in [0, 0.1) is 0 Å². The molecular formula is C22H21N5O. The van der Waals surface area contributed by atoms with Crippen LogP contribution >= 0.6 is 0 Å². The van der Waals surface area contributed by atoms with Crippen molar-refractivity contribution in [3.63, 3.8) is 0 Å². The van der Waals surface area contributed by atoms with Gasteiger partial charge in [0, 0.05) is 30.0 Å². The molecule has 28 heavy (non-hydrogen) atoms. The van der Waals surface area contributed by atoms with Crippen LogP contribution < -0.4 is 11.0 Å². The lowest BCUT2D eigenvalue weighted by Crippen LogP contribution is -2.22. The number of aryl methyl sites for hydroxylation is 1. The van der Waals surface area contributed by atoms with Crippen molar-refractivity contribution in [2.45, 2.75) is 19.9 Å². The molecule has 4 rings (SSSR count). The second-order valence-corrected chi connectivity index (χ2v) is 6.49. The Morgan fingerprint density at radius 1 is 1.14 bits per heavy atom. The van der Waals surface area contributed by atoms with Gasteiger partial charge in [-0.15, -0.1) is 6.58 Å². The molecule has 2 aromatic heterocycles. The number of benzene rings is 2. The van der Waals surface area contributed by atoms with Gasteiger partial charge in [0.25, 0.3) is 0 Å². The van der Waals surface area contributed by atoms with Gasteiger partial charge in [-0.2, -0.15) is 0 Å². The summed E-state index contributed by atoms with van der Waals surface area (Å²) < 4.78 is 3.21. The molecule has 140 valence electrons. The quantitative estimate of drug-likeness (QED) is 0.519. The van der Waals surface area contributed by atoms with Crippen LogP contribution in [0.2, 0.25) is 0 Å². The smallest absolute Gasteiger partial charge is 0.333 e. The van der Waals surface area contributed by atoms with Crippen molar-refractivity contribution in [1.29, 1.82) is 0 Å². The Balaban J connectivity index is 1.77. The van der Waals surface area contributed by atoms with Crippen LogP contribution in [0.25, 0.3) is 16.6 Å². The van der Waals surface area contributed by atoms with Gasteiger partial charge in [0.2, 0.25) is 0 Å². The molecule has 0 radical (unpaired) electrons. The Morgan fingerprint density at radius 2 is 2.04 bits per heavy atom. The third-order valence-corrected chi connectivity index (χ3v) is 4.67. The van der Waals surface area contributed by atoms with E-state index < -0.39 is 0 Å². The largest absolute Gasteiger partial charge is 0.340 e. The molecule has 0 aliphatic heterocycles. The highest BCUT2D eigenvalue weighted by Crippen LogP contribution is 2.25. The second kappa shape index (κ2) is 7.52. The van der Waals surface area contributed by atoms with Gasteiger partial charge in [0.15, 0.2) is 0 Å². The zero-order valence-electron chi connectivity index (χ0n) is 15.7. The van der Waals surface area contributed by atoms with E-state index in [4.69, 9.17) is 0 Å². The molecule has 6 heteroatoms. The summed E-state index contributed by atoms with van der Waals surface area (Å²) in [7, 11) is 0. The van der Waals surface area contributed by atoms with E-state index in [1.165, 1.54) is 5.56 Å². The minimum atomic E-state index is -0.110. The van der Waals surface area contributed by atoms with Crippen molar-refractivity contribution in [2.75, 3.05) is 5.32 Å². The zero-order valence-corrected chi connectivity index (χ0v) is 15.7. The van der Waals surface area contributed by atoms with Gasteiger partial charge in [0.1, 0.15) is 12.1 Å². The first-order valence-corrected chi connectivity index (χ1v) is 9.19. The molecular weight excluding hydrogens is 350 g/mol. The maximum Gasteiger partial charge on any atom is 0.333 e. The first-order chi connectivity index (χ1) is 13.7. The molecule has 4 aromatic rings. The molecule has 0 fully saturated rings. The van der Waals surface area contributed by atoms with Crippen molar-refractivity contribution in [3.05, 3.63) is 89.9 Å². The number of imidazole rings is 1. The van der Waals surface area contributed by atoms with Crippen LogP contribution in [0.3, 0.4) is 0 Å². The number of nitrogens with one attached hydrogen (secondary N) is 1. The topological polar surface area (TPSA) is 64.7 Å². The molecule has 0 amide bonds. The number of anilines is 2. The summed E-state index contributed by atoms with van der Waals surface area (Å²) in [6, 6.07) is 14.0. The van der Waals surface area contributed by atoms with E-state index in [0.29, 0.717) is 12.4 Å². The Labute approximate surface area is 162 Å². The van der Waals surface area contributed by atoms with E-state index in [1.54, 1.807) is 33.9 Å². The van der Waals surface area contributed by atoms with Gasteiger partial charge in [0.05, 0.1) is 11.2 Å². The summed E-state index contributed by atoms with van der Waals surface area (Å²) >= 11 is 0. The van der Waals surface area contributed by atoms with E-state index in [0.717, 1.165) is 28.7 Å². The lowest BCUT2D eigenvalue weighted by molar-refractivity contribution is 0.760. The van der Waals surface area contributed by atoms with Crippen LogP contribution in [0.1, 0.15) is 12.5 Å². The van der Waals surface area contributed by atoms with Gasteiger partial charge >= 0.3 is 5.69 Å². The fraction of sp³-hybridized carbons (Fsp3) is 0.136. The molecule has 6 nitrogen and oxygen atoms in total. The summed E-state index contributed by atoms with van der Waals surface area (Å²) in [5.74, 6) is 0.707. The number of nitrogens with zero attached hydrogens (tertiary/aromatic N) is 4. The Morgan fingerprint density at radius 3 is 2.86 bits per heavy atom. The predicted molar refractivity (Wildman–Crippen MR) is 112 cm³/mol. The van der Waals surface area contributed by atoms with Crippen LogP contribution in [-0.2, 0) is 13.0 Å². The summed E-state index contributed by atoms with van der Waals surface area (Å²) in [5.41, 5.74) is 3.69. The summed E-state index contributed by atoms with van der Waals surface area (Å²) in [6.07, 6.45) is 7.72. The van der Waals surface area contributed by atoms with Gasteiger partial charge < -0.3 is 5.32 Å². The molecule has 0 saturated heterocycles. The van der Waals surface area contributed by atoms with Crippen LogP contribution in [-0.4, -0.2) is 19.1 Å². The maximum atomic E-state index is 12.6. The Bertz CT molecular complexity index is 1210. The van der Waals surface area contributed by atoms with Crippen molar-refractivity contribution in [2.24, 2.45) is 0 Å². The van der Waals surface area contributed by atoms with Crippen LogP contribution in [0.5, 0.6) is 0 Å². The van der Waals surface area contributed by atoms with Gasteiger partial charge in [-0.1, -0.05) is 25.1 Å². The predicted octanol–water partition coefficient (Wildman–Crippen LogP) is 4.07. The Kier molecular flexibility index (Phi) is 4.76. The van der Waals surface area contributed by atoms with E-state index in [2.05, 4.69) is 40.9 Å². The number of hydrogen-bond acceptors (Lipinski definition) is 4. The summed E-state index contributed by atoms with van der Waals surface area (Å²) in [4.78, 5) is 21.3. The molecule has 2 heterocycles. The van der Waals surface area contributed by atoms with Crippen LogP contribution in [0.4, 0.5) is 11.5 Å². The number of rotatable bonds is 6. The summed E-state index contributed by atoms with van der Waals surface area (Å²) in [5, 5.41) is 4.24. The van der Waals surface area contributed by atoms with Gasteiger partial charge in [-0.25, -0.2) is 14.8 Å². The average molecular weight is 371 g/mol. The van der Waals surface area contributed by atoms with E-state index in [-0.39, 0.29) is 5.69 Å². The van der Waals surface area contributed by atoms with Crippen molar-refractivity contribution in [3.8, 4) is 5.69 Å². The fourth-order valence-electron chi connectivity index (χ4n) is 3.19. The molecule has 0 atom stereocenters. The highest BCUT2D eigenvalue weighted by molar-refractivity contribution is 5.92. The van der Waals surface area contributed by atoms with E-state index in [1.807, 2.05) is 30.3 Å². The first kappa shape index (κ1) is 17.7. The highest BCUT2D eigenvalue weighted by Gasteiger charge is 2.09. The molecule has 2 aromatic carbocycles. The number of hydrogen-bond donors (Lipinski definition) is 1. The molecule has 0 saturated carbocycles. The van der Waals surface area contributed by atoms with Crippen molar-refractivity contribution < 1.29 is 0 Å². The summed E-state index contributed by atoms with van der Waals surface area (Å²) in [6.45, 7) is 6.29. The Hall–Kier alpha value is -3.67. The maximum absolute atomic E-state index is 12.6. The lowest BCUT2D eigenvalue weighted by atomic mass is 10.1. The highest BCUT2D eigenvalue weighted by atomic mass is 16.1. The first-order valence-electron chi connectivity index (χ1n) is 9.19. The SMILES string of the molecule is C=CCn1ccn(-c2ccc3ncnc(Nc4cccc(CC)c4)c3c2)c1=O. The molecule has 0 aliphatic rings. The standard InChI is InChI=1S/C22H21N5O/c1-3-10-26-11-12-27(22(26)28)18-8-9-20-19(14-18)21(24-15-23-20)25-17-7-5-6-16(4-2)13-17/h3,5-9,11-15H,1,4,10H2,2H3,(H,23,24,25). The average Bonchev–Trinajstić information content (AvgIpc) is 3.09. The molecule has 0 spiro atoms. The van der Waals surface area contributed by atoms with Crippen molar-refractivity contribution >= 4 is 22.4 Å². The monoisotopic (exact) mass is 371 g/mol. The minimum absolute atomic E-state index is 0.110. The van der Waals surface area contributed by atoms with Gasteiger partial charge in [-0.3, -0.25) is 9.13 Å². The zero-order chi connectivity index (χ0) is 19.5. The molecule has 1 N–H and O–H groups in total.